The van der Waals surface area contributed by atoms with Crippen molar-refractivity contribution in [2.75, 3.05) is 0 Å². The van der Waals surface area contributed by atoms with Crippen LogP contribution < -0.4 is 0 Å². The molecule has 0 unspecified atom stereocenters. The van der Waals surface area contributed by atoms with Crippen molar-refractivity contribution in [2.24, 2.45) is 0 Å². The van der Waals surface area contributed by atoms with Crippen molar-refractivity contribution < 1.29 is 8.83 Å². The van der Waals surface area contributed by atoms with Crippen LogP contribution >= 0.6 is 22.7 Å². The van der Waals surface area contributed by atoms with Gasteiger partial charge in [-0.05, 0) is 47.5 Å². The summed E-state index contributed by atoms with van der Waals surface area (Å²) in [5, 5.41) is 25.0. The second kappa shape index (κ2) is 15.3. The maximum absolute atomic E-state index is 12.4. The van der Waals surface area contributed by atoms with Gasteiger partial charge in [0.2, 0.25) is 5.69 Å². The third-order valence-electron chi connectivity index (χ3n) is 15.8. The molecule has 11 aromatic carbocycles. The van der Waals surface area contributed by atoms with E-state index in [0.717, 1.165) is 124 Å². The average Bonchev–Trinajstić information content (AvgIpc) is 4.41. The molecule has 76 heavy (non-hydrogen) atoms. The minimum absolute atomic E-state index is 0.358. The lowest BCUT2D eigenvalue weighted by molar-refractivity contribution is 0.671. The van der Waals surface area contributed by atoms with Gasteiger partial charge in [-0.25, -0.2) is 4.85 Å². The number of aromatic nitrogens is 2. The minimum Gasteiger partial charge on any atom is -0.454 e. The molecule has 6 heterocycles. The highest BCUT2D eigenvalue weighted by atomic mass is 32.1. The highest BCUT2D eigenvalue weighted by molar-refractivity contribution is 7.27. The first kappa shape index (κ1) is 41.5. The van der Waals surface area contributed by atoms with Crippen molar-refractivity contribution in [3.05, 3.63) is 223 Å². The Balaban J connectivity index is 1.20. The molecule has 0 bridgehead atoms. The molecule has 0 spiro atoms. The molecule has 0 amide bonds. The van der Waals surface area contributed by atoms with Gasteiger partial charge >= 0.3 is 0 Å². The van der Waals surface area contributed by atoms with E-state index in [4.69, 9.17) is 8.83 Å². The second-order valence-electron chi connectivity index (χ2n) is 19.5. The van der Waals surface area contributed by atoms with Gasteiger partial charge < -0.3 is 18.0 Å². The molecule has 17 rings (SSSR count). The third-order valence-corrected chi connectivity index (χ3v) is 18.2. The number of rotatable bonds is 4. The Morgan fingerprint density at radius 2 is 0.776 bits per heavy atom. The fraction of sp³-hybridized carbons (Fsp3) is 0. The first-order valence-electron chi connectivity index (χ1n) is 25.2. The van der Waals surface area contributed by atoms with Crippen LogP contribution in [0.25, 0.3) is 166 Å². The molecule has 0 aliphatic heterocycles. The van der Waals surface area contributed by atoms with Crippen molar-refractivity contribution in [1.29, 1.82) is 5.26 Å². The number of nitrogens with zero attached hydrogens (tertiary/aromatic N) is 4. The molecule has 0 saturated carbocycles. The van der Waals surface area contributed by atoms with E-state index < -0.39 is 0 Å². The average molecular weight is 1000 g/mol. The largest absolute Gasteiger partial charge is 0.454 e. The molecule has 0 atom stereocenters. The van der Waals surface area contributed by atoms with Gasteiger partial charge in [-0.1, -0.05) is 170 Å². The molecule has 0 saturated heterocycles. The minimum atomic E-state index is 0.358. The monoisotopic (exact) mass is 1000 g/mol. The number of thiophene rings is 2. The summed E-state index contributed by atoms with van der Waals surface area (Å²) in [5.74, 6) is 0. The van der Waals surface area contributed by atoms with Crippen LogP contribution in [0.5, 0.6) is 0 Å². The van der Waals surface area contributed by atoms with Crippen molar-refractivity contribution in [2.45, 2.75) is 0 Å². The van der Waals surface area contributed by atoms with Crippen LogP contribution in [0.1, 0.15) is 5.56 Å². The molecule has 0 N–H and O–H groups in total. The lowest BCUT2D eigenvalue weighted by Crippen LogP contribution is -2.09. The number of nitriles is 1. The first-order valence-corrected chi connectivity index (χ1v) is 26.8. The summed E-state index contributed by atoms with van der Waals surface area (Å²) >= 11 is 3.53. The van der Waals surface area contributed by atoms with E-state index in [1.165, 1.54) is 20.2 Å². The van der Waals surface area contributed by atoms with E-state index in [-0.39, 0.29) is 0 Å². The lowest BCUT2D eigenvalue weighted by atomic mass is 9.88. The van der Waals surface area contributed by atoms with Gasteiger partial charge in [0.05, 0.1) is 55.0 Å². The maximum Gasteiger partial charge on any atom is 0.220 e. The van der Waals surface area contributed by atoms with Crippen LogP contribution in [-0.2, 0) is 0 Å². The Morgan fingerprint density at radius 3 is 1.26 bits per heavy atom. The normalized spacial score (nSPS) is 12.2. The fourth-order valence-electron chi connectivity index (χ4n) is 12.7. The number of benzene rings is 11. The summed E-state index contributed by atoms with van der Waals surface area (Å²) in [5.41, 5.74) is 11.6. The van der Waals surface area contributed by atoms with Gasteiger partial charge in [0.1, 0.15) is 17.2 Å². The Labute approximate surface area is 439 Å². The fourth-order valence-corrected chi connectivity index (χ4v) is 15.1. The number of furan rings is 2. The summed E-state index contributed by atoms with van der Waals surface area (Å²) in [7, 11) is 0. The topological polar surface area (TPSA) is 64.3 Å². The Morgan fingerprint density at radius 1 is 0.382 bits per heavy atom. The molecular weight excluding hydrogens is 969 g/mol. The summed E-state index contributed by atoms with van der Waals surface area (Å²) < 4.78 is 23.4. The maximum atomic E-state index is 12.4. The van der Waals surface area contributed by atoms with E-state index in [2.05, 4.69) is 166 Å². The van der Waals surface area contributed by atoms with E-state index in [1.54, 1.807) is 22.7 Å². The highest BCUT2D eigenvalue weighted by Gasteiger charge is 2.34. The van der Waals surface area contributed by atoms with Gasteiger partial charge in [-0.3, -0.25) is 0 Å². The molecule has 6 nitrogen and oxygen atoms in total. The molecular formula is C68H34N4O2S2. The zero-order chi connectivity index (χ0) is 49.9. The summed E-state index contributed by atoms with van der Waals surface area (Å²) in [6, 6.07) is 74.7. The number of fused-ring (bicyclic) bond motifs is 22. The van der Waals surface area contributed by atoms with Crippen molar-refractivity contribution in [3.8, 4) is 39.7 Å². The Hall–Kier alpha value is -9.96. The van der Waals surface area contributed by atoms with Gasteiger partial charge in [-0.2, -0.15) is 5.26 Å². The van der Waals surface area contributed by atoms with Gasteiger partial charge in [0.25, 0.3) is 0 Å². The second-order valence-corrected chi connectivity index (χ2v) is 21.6. The van der Waals surface area contributed by atoms with E-state index >= 15 is 0 Å². The highest BCUT2D eigenvalue weighted by Crippen LogP contribution is 2.56. The van der Waals surface area contributed by atoms with Gasteiger partial charge in [-0.15, -0.1) is 22.7 Å². The van der Waals surface area contributed by atoms with Crippen LogP contribution in [0.2, 0.25) is 0 Å². The van der Waals surface area contributed by atoms with Crippen LogP contribution in [0, 0.1) is 17.9 Å². The zero-order valence-electron chi connectivity index (χ0n) is 40.1. The number of hydrogen-bond donors (Lipinski definition) is 0. The van der Waals surface area contributed by atoms with Gasteiger partial charge in [0, 0.05) is 85.2 Å². The Bertz CT molecular complexity index is 4940. The van der Waals surface area contributed by atoms with Crippen LogP contribution in [0.15, 0.2) is 215 Å². The smallest absolute Gasteiger partial charge is 0.220 e. The molecule has 0 radical (unpaired) electrons. The quantitative estimate of drug-likeness (QED) is 0.165. The molecule has 8 heteroatoms. The summed E-state index contributed by atoms with van der Waals surface area (Å²) in [6.45, 7) is 9.63. The lowest BCUT2D eigenvalue weighted by Gasteiger charge is -2.26. The van der Waals surface area contributed by atoms with Crippen molar-refractivity contribution in [1.82, 2.24) is 9.13 Å². The molecule has 17 aromatic rings. The third kappa shape index (κ3) is 5.35. The van der Waals surface area contributed by atoms with Crippen molar-refractivity contribution >= 4 is 156 Å². The molecule has 350 valence electrons. The number of hydrogen-bond acceptors (Lipinski definition) is 5. The van der Waals surface area contributed by atoms with E-state index in [0.29, 0.717) is 28.2 Å². The molecule has 0 aliphatic rings. The summed E-state index contributed by atoms with van der Waals surface area (Å²) in [4.78, 5) is 4.69. The predicted octanol–water partition coefficient (Wildman–Crippen LogP) is 20.2. The predicted molar refractivity (Wildman–Crippen MR) is 317 cm³/mol. The Kier molecular flexibility index (Phi) is 8.36. The summed E-state index contributed by atoms with van der Waals surface area (Å²) in [6.07, 6.45) is 0. The standard InChI is InChI=1S/C68H34N4O2S2/c1-70-58-56(37-16-4-2-5-17-37)51(36-69)59(71-60-43(28-32-47-39-20-8-12-24-52(39)73-65(47)60)45-30-34-49-41-22-10-14-26-54(41)75-67(49)62(45)71)57(38-18-6-3-7-19-38)64(58)72-61-44(29-33-48-40-21-9-13-25-53(40)74-66(48)61)46-31-35-50-42-23-11-15-27-55(42)76-68(50)63(46)72/h2-35H. The molecule has 0 aliphatic carbocycles. The first-order chi connectivity index (χ1) is 37.7. The van der Waals surface area contributed by atoms with Gasteiger partial charge in [0.15, 0.2) is 11.2 Å². The van der Waals surface area contributed by atoms with E-state index in [9.17, 15) is 11.8 Å². The van der Waals surface area contributed by atoms with Crippen LogP contribution in [-0.4, -0.2) is 9.13 Å². The van der Waals surface area contributed by atoms with Crippen molar-refractivity contribution in [3.63, 3.8) is 0 Å². The van der Waals surface area contributed by atoms with Crippen LogP contribution in [0.4, 0.5) is 5.69 Å². The SMILES string of the molecule is [C-]#[N+]c1c(-c2ccccc2)c(C#N)c(-n2c3c(ccc4c5ccccc5oc43)c3ccc4c5ccccc5sc4c32)c(-c2ccccc2)c1-n1c2c(ccc3c4ccccc4oc32)c2ccc3c4ccccc4sc3c21. The molecule has 0 fully saturated rings. The molecule has 6 aromatic heterocycles. The van der Waals surface area contributed by atoms with E-state index in [1.807, 2.05) is 60.7 Å². The number of para-hydroxylation sites is 2. The zero-order valence-corrected chi connectivity index (χ0v) is 41.7. The van der Waals surface area contributed by atoms with Crippen LogP contribution in [0.3, 0.4) is 0 Å².